The third-order valence-electron chi connectivity index (χ3n) is 4.11. The van der Waals surface area contributed by atoms with Crippen LogP contribution in [0.1, 0.15) is 68.3 Å². The van der Waals surface area contributed by atoms with Gasteiger partial charge in [0.15, 0.2) is 0 Å². The van der Waals surface area contributed by atoms with Crippen LogP contribution in [-0.4, -0.2) is 12.6 Å². The molecule has 0 unspecified atom stereocenters. The number of carbonyl (C=O) groups is 1. The lowest BCUT2D eigenvalue weighted by Crippen LogP contribution is -2.08. The summed E-state index contributed by atoms with van der Waals surface area (Å²) in [6.07, 6.45) is 4.73. The fraction of sp³-hybridized carbons (Fsp3) is 0.409. The fourth-order valence-electron chi connectivity index (χ4n) is 2.49. The van der Waals surface area contributed by atoms with Gasteiger partial charge in [-0.15, -0.1) is 0 Å². The summed E-state index contributed by atoms with van der Waals surface area (Å²) in [6, 6.07) is 14.8. The number of carbonyl (C=O) groups excluding carboxylic acids is 1. The first-order valence-corrected chi connectivity index (χ1v) is 9.15. The Balaban J connectivity index is 1.84. The molecule has 0 radical (unpaired) electrons. The maximum Gasteiger partial charge on any atom is 0.343 e. The minimum Gasteiger partial charge on any atom is -0.494 e. The van der Waals surface area contributed by atoms with E-state index in [1.54, 1.807) is 12.1 Å². The number of unbranched alkanes of at least 4 members (excludes halogenated alkanes) is 3. The van der Waals surface area contributed by atoms with Gasteiger partial charge in [-0.3, -0.25) is 0 Å². The van der Waals surface area contributed by atoms with E-state index in [4.69, 9.17) is 9.47 Å². The van der Waals surface area contributed by atoms with Crippen molar-refractivity contribution in [2.24, 2.45) is 0 Å². The van der Waals surface area contributed by atoms with E-state index in [1.165, 1.54) is 24.8 Å². The zero-order valence-electron chi connectivity index (χ0n) is 15.5. The van der Waals surface area contributed by atoms with Crippen LogP contribution in [0.25, 0.3) is 0 Å². The van der Waals surface area contributed by atoms with Gasteiger partial charge in [0.05, 0.1) is 12.2 Å². The maximum absolute atomic E-state index is 12.2. The summed E-state index contributed by atoms with van der Waals surface area (Å²) in [5, 5.41) is 0. The second-order valence-corrected chi connectivity index (χ2v) is 6.55. The molecule has 2 aromatic rings. The molecular formula is C22H28O3. The van der Waals surface area contributed by atoms with Crippen molar-refractivity contribution in [2.75, 3.05) is 6.61 Å². The van der Waals surface area contributed by atoms with Gasteiger partial charge in [0.25, 0.3) is 0 Å². The van der Waals surface area contributed by atoms with Gasteiger partial charge in [-0.05, 0) is 54.3 Å². The molecule has 0 spiro atoms. The zero-order chi connectivity index (χ0) is 18.1. The quantitative estimate of drug-likeness (QED) is 0.319. The number of hydrogen-bond donors (Lipinski definition) is 0. The van der Waals surface area contributed by atoms with Crippen LogP contribution in [-0.2, 0) is 0 Å². The van der Waals surface area contributed by atoms with Crippen LogP contribution in [0.4, 0.5) is 0 Å². The number of ether oxygens (including phenoxy) is 2. The lowest BCUT2D eigenvalue weighted by molar-refractivity contribution is 0.0734. The molecule has 2 aromatic carbocycles. The van der Waals surface area contributed by atoms with Crippen LogP contribution < -0.4 is 9.47 Å². The van der Waals surface area contributed by atoms with Gasteiger partial charge in [0, 0.05) is 0 Å². The van der Waals surface area contributed by atoms with Crippen LogP contribution in [0.15, 0.2) is 48.5 Å². The molecule has 0 aromatic heterocycles. The Hall–Kier alpha value is -2.29. The predicted octanol–water partition coefficient (Wildman–Crippen LogP) is 5.99. The lowest BCUT2D eigenvalue weighted by Gasteiger charge is -2.09. The third kappa shape index (κ3) is 6.26. The van der Waals surface area contributed by atoms with E-state index in [1.807, 2.05) is 36.4 Å². The highest BCUT2D eigenvalue weighted by atomic mass is 16.5. The Bertz CT molecular complexity index is 642. The maximum atomic E-state index is 12.2. The second-order valence-electron chi connectivity index (χ2n) is 6.55. The average Bonchev–Trinajstić information content (AvgIpc) is 2.63. The predicted molar refractivity (Wildman–Crippen MR) is 102 cm³/mol. The smallest absolute Gasteiger partial charge is 0.343 e. The number of rotatable bonds is 9. The summed E-state index contributed by atoms with van der Waals surface area (Å²) < 4.78 is 11.1. The molecule has 3 heteroatoms. The summed E-state index contributed by atoms with van der Waals surface area (Å²) in [6.45, 7) is 7.17. The Morgan fingerprint density at radius 1 is 0.880 bits per heavy atom. The molecule has 0 saturated carbocycles. The molecule has 2 rings (SSSR count). The Morgan fingerprint density at radius 3 is 2.12 bits per heavy atom. The first kappa shape index (κ1) is 19.0. The fourth-order valence-corrected chi connectivity index (χ4v) is 2.49. The second kappa shape index (κ2) is 9.87. The highest BCUT2D eigenvalue weighted by Crippen LogP contribution is 2.20. The van der Waals surface area contributed by atoms with Crippen molar-refractivity contribution in [3.05, 3.63) is 59.7 Å². The highest BCUT2D eigenvalue weighted by molar-refractivity contribution is 5.91. The standard InChI is InChI=1S/C22H28O3/c1-4-5-6-7-16-24-20-12-14-21(15-13-20)25-22(23)19-10-8-18(9-11-19)17(2)3/h8-15,17H,4-7,16H2,1-3H3. The van der Waals surface area contributed by atoms with Crippen molar-refractivity contribution in [3.63, 3.8) is 0 Å². The summed E-state index contributed by atoms with van der Waals surface area (Å²) in [5.41, 5.74) is 1.76. The number of esters is 1. The molecule has 0 atom stereocenters. The van der Waals surface area contributed by atoms with E-state index in [0.29, 0.717) is 17.2 Å². The monoisotopic (exact) mass is 340 g/mol. The first-order chi connectivity index (χ1) is 12.1. The summed E-state index contributed by atoms with van der Waals surface area (Å²) in [5.74, 6) is 1.43. The average molecular weight is 340 g/mol. The van der Waals surface area contributed by atoms with E-state index < -0.39 is 0 Å². The molecule has 3 nitrogen and oxygen atoms in total. The van der Waals surface area contributed by atoms with Gasteiger partial charge in [0.1, 0.15) is 11.5 Å². The normalized spacial score (nSPS) is 10.7. The van der Waals surface area contributed by atoms with Crippen molar-refractivity contribution in [3.8, 4) is 11.5 Å². The van der Waals surface area contributed by atoms with Gasteiger partial charge in [0.2, 0.25) is 0 Å². The zero-order valence-corrected chi connectivity index (χ0v) is 15.5. The number of benzene rings is 2. The largest absolute Gasteiger partial charge is 0.494 e. The molecular weight excluding hydrogens is 312 g/mol. The van der Waals surface area contributed by atoms with Gasteiger partial charge >= 0.3 is 5.97 Å². The Kier molecular flexibility index (Phi) is 7.52. The van der Waals surface area contributed by atoms with Crippen LogP contribution in [0.2, 0.25) is 0 Å². The molecule has 0 fully saturated rings. The van der Waals surface area contributed by atoms with E-state index in [-0.39, 0.29) is 5.97 Å². The molecule has 0 aliphatic heterocycles. The topological polar surface area (TPSA) is 35.5 Å². The van der Waals surface area contributed by atoms with Crippen LogP contribution in [0.5, 0.6) is 11.5 Å². The number of hydrogen-bond acceptors (Lipinski definition) is 3. The van der Waals surface area contributed by atoms with Crippen LogP contribution in [0, 0.1) is 0 Å². The van der Waals surface area contributed by atoms with E-state index >= 15 is 0 Å². The van der Waals surface area contributed by atoms with E-state index in [9.17, 15) is 4.79 Å². The van der Waals surface area contributed by atoms with Gasteiger partial charge in [-0.1, -0.05) is 52.2 Å². The lowest BCUT2D eigenvalue weighted by atomic mass is 10.0. The van der Waals surface area contributed by atoms with E-state index in [2.05, 4.69) is 20.8 Å². The van der Waals surface area contributed by atoms with E-state index in [0.717, 1.165) is 18.8 Å². The van der Waals surface area contributed by atoms with Crippen molar-refractivity contribution >= 4 is 5.97 Å². The SMILES string of the molecule is CCCCCCOc1ccc(OC(=O)c2ccc(C(C)C)cc2)cc1. The molecule has 0 N–H and O–H groups in total. The van der Waals surface area contributed by atoms with Crippen LogP contribution in [0.3, 0.4) is 0 Å². The van der Waals surface area contributed by atoms with Crippen LogP contribution >= 0.6 is 0 Å². The van der Waals surface area contributed by atoms with Crippen molar-refractivity contribution < 1.29 is 14.3 Å². The molecule has 0 aliphatic rings. The Morgan fingerprint density at radius 2 is 1.52 bits per heavy atom. The third-order valence-corrected chi connectivity index (χ3v) is 4.11. The van der Waals surface area contributed by atoms with Crippen molar-refractivity contribution in [2.45, 2.75) is 52.4 Å². The summed E-state index contributed by atoms with van der Waals surface area (Å²) in [7, 11) is 0. The molecule has 25 heavy (non-hydrogen) atoms. The minimum atomic E-state index is -0.344. The summed E-state index contributed by atoms with van der Waals surface area (Å²) >= 11 is 0. The highest BCUT2D eigenvalue weighted by Gasteiger charge is 2.09. The molecule has 0 bridgehead atoms. The summed E-state index contributed by atoms with van der Waals surface area (Å²) in [4.78, 5) is 12.2. The van der Waals surface area contributed by atoms with Gasteiger partial charge in [-0.25, -0.2) is 4.79 Å². The van der Waals surface area contributed by atoms with Gasteiger partial charge in [-0.2, -0.15) is 0 Å². The Labute approximate surface area is 151 Å². The first-order valence-electron chi connectivity index (χ1n) is 9.15. The molecule has 0 aliphatic carbocycles. The molecule has 134 valence electrons. The van der Waals surface area contributed by atoms with Crippen molar-refractivity contribution in [1.82, 2.24) is 0 Å². The van der Waals surface area contributed by atoms with Gasteiger partial charge < -0.3 is 9.47 Å². The molecule has 0 heterocycles. The molecule has 0 saturated heterocycles. The molecule has 0 amide bonds. The van der Waals surface area contributed by atoms with Crippen molar-refractivity contribution in [1.29, 1.82) is 0 Å². The minimum absolute atomic E-state index is 0.344.